The van der Waals surface area contributed by atoms with Gasteiger partial charge < -0.3 is 10.1 Å². The van der Waals surface area contributed by atoms with E-state index in [1.54, 1.807) is 0 Å². The van der Waals surface area contributed by atoms with Crippen LogP contribution in [0.5, 0.6) is 5.75 Å². The molecular weight excluding hydrogens is 200 g/mol. The molecule has 16 heavy (non-hydrogen) atoms. The Balaban J connectivity index is 2.13. The van der Waals surface area contributed by atoms with Crippen molar-refractivity contribution in [1.29, 1.82) is 5.26 Å². The molecule has 3 heteroatoms. The fraction of sp³-hybridized carbons (Fsp3) is 0.462. The Kier molecular flexibility index (Phi) is 3.43. The number of nitrogens with zero attached hydrogens (tertiary/aromatic N) is 1. The van der Waals surface area contributed by atoms with E-state index < -0.39 is 0 Å². The van der Waals surface area contributed by atoms with E-state index in [0.29, 0.717) is 5.56 Å². The molecule has 0 aliphatic carbocycles. The van der Waals surface area contributed by atoms with Crippen molar-refractivity contribution in [2.24, 2.45) is 0 Å². The Labute approximate surface area is 96.0 Å². The van der Waals surface area contributed by atoms with Gasteiger partial charge in [-0.25, -0.2) is 0 Å². The second kappa shape index (κ2) is 5.00. The molecule has 1 aromatic rings. The Bertz CT molecular complexity index is 403. The number of hydrogen-bond acceptors (Lipinski definition) is 3. The summed E-state index contributed by atoms with van der Waals surface area (Å²) in [7, 11) is 0. The SMILES string of the molecule is Cc1ccc(C#N)c(OC2CCCNC2)c1. The predicted molar refractivity (Wildman–Crippen MR) is 62.4 cm³/mol. The zero-order valence-electron chi connectivity index (χ0n) is 9.49. The summed E-state index contributed by atoms with van der Waals surface area (Å²) in [6.45, 7) is 3.95. The van der Waals surface area contributed by atoms with E-state index in [0.717, 1.165) is 37.2 Å². The van der Waals surface area contributed by atoms with Gasteiger partial charge in [0.15, 0.2) is 0 Å². The average Bonchev–Trinajstić information content (AvgIpc) is 2.31. The van der Waals surface area contributed by atoms with Crippen molar-refractivity contribution in [3.05, 3.63) is 29.3 Å². The maximum Gasteiger partial charge on any atom is 0.137 e. The van der Waals surface area contributed by atoms with Crippen molar-refractivity contribution in [3.8, 4) is 11.8 Å². The molecule has 1 aliphatic heterocycles. The number of hydrogen-bond donors (Lipinski definition) is 1. The number of piperidine rings is 1. The second-order valence-electron chi connectivity index (χ2n) is 4.20. The van der Waals surface area contributed by atoms with Crippen LogP contribution in [0.3, 0.4) is 0 Å². The first kappa shape index (κ1) is 11.0. The highest BCUT2D eigenvalue weighted by atomic mass is 16.5. The molecular formula is C13H16N2O. The Morgan fingerprint density at radius 3 is 3.06 bits per heavy atom. The molecule has 1 atom stereocenters. The molecule has 0 radical (unpaired) electrons. The third-order valence-electron chi connectivity index (χ3n) is 2.80. The lowest BCUT2D eigenvalue weighted by molar-refractivity contribution is 0.166. The normalized spacial score (nSPS) is 20.1. The van der Waals surface area contributed by atoms with Crippen LogP contribution >= 0.6 is 0 Å². The number of rotatable bonds is 2. The number of nitrogens with one attached hydrogen (secondary N) is 1. The molecule has 0 bridgehead atoms. The largest absolute Gasteiger partial charge is 0.488 e. The topological polar surface area (TPSA) is 45.0 Å². The summed E-state index contributed by atoms with van der Waals surface area (Å²) in [5.74, 6) is 0.719. The smallest absolute Gasteiger partial charge is 0.137 e. The lowest BCUT2D eigenvalue weighted by atomic mass is 10.1. The summed E-state index contributed by atoms with van der Waals surface area (Å²) in [4.78, 5) is 0. The van der Waals surface area contributed by atoms with Crippen LogP contribution in [0.1, 0.15) is 24.0 Å². The first-order chi connectivity index (χ1) is 7.79. The maximum absolute atomic E-state index is 8.99. The number of nitriles is 1. The van der Waals surface area contributed by atoms with Gasteiger partial charge >= 0.3 is 0 Å². The lowest BCUT2D eigenvalue weighted by Crippen LogP contribution is -2.37. The van der Waals surface area contributed by atoms with Crippen LogP contribution in [0.25, 0.3) is 0 Å². The summed E-state index contributed by atoms with van der Waals surface area (Å²) in [5.41, 5.74) is 1.74. The molecule has 1 fully saturated rings. The van der Waals surface area contributed by atoms with Crippen molar-refractivity contribution in [2.45, 2.75) is 25.9 Å². The minimum Gasteiger partial charge on any atom is -0.488 e. The molecule has 1 saturated heterocycles. The van der Waals surface area contributed by atoms with E-state index in [9.17, 15) is 0 Å². The molecule has 1 unspecified atom stereocenters. The molecule has 1 heterocycles. The highest BCUT2D eigenvalue weighted by molar-refractivity contribution is 5.45. The minimum absolute atomic E-state index is 0.197. The number of ether oxygens (including phenoxy) is 1. The van der Waals surface area contributed by atoms with Gasteiger partial charge in [0.25, 0.3) is 0 Å². The van der Waals surface area contributed by atoms with E-state index >= 15 is 0 Å². The van der Waals surface area contributed by atoms with Crippen molar-refractivity contribution >= 4 is 0 Å². The monoisotopic (exact) mass is 216 g/mol. The van der Waals surface area contributed by atoms with Crippen molar-refractivity contribution < 1.29 is 4.74 Å². The molecule has 0 spiro atoms. The maximum atomic E-state index is 8.99. The van der Waals surface area contributed by atoms with Crippen molar-refractivity contribution in [2.75, 3.05) is 13.1 Å². The van der Waals surface area contributed by atoms with Crippen LogP contribution in [0.15, 0.2) is 18.2 Å². The van der Waals surface area contributed by atoms with Gasteiger partial charge in [-0.15, -0.1) is 0 Å². The van der Waals surface area contributed by atoms with E-state index in [4.69, 9.17) is 10.00 Å². The standard InChI is InChI=1S/C13H16N2O/c1-10-4-5-11(8-14)13(7-10)16-12-3-2-6-15-9-12/h4-5,7,12,15H,2-3,6,9H2,1H3. The predicted octanol–water partition coefficient (Wildman–Crippen LogP) is 2.00. The molecule has 0 aromatic heterocycles. The van der Waals surface area contributed by atoms with Gasteiger partial charge in [-0.05, 0) is 44.0 Å². The van der Waals surface area contributed by atoms with E-state index in [1.165, 1.54) is 0 Å². The minimum atomic E-state index is 0.197. The van der Waals surface area contributed by atoms with Crippen LogP contribution in [-0.4, -0.2) is 19.2 Å². The lowest BCUT2D eigenvalue weighted by Gasteiger charge is -2.24. The van der Waals surface area contributed by atoms with Crippen molar-refractivity contribution in [3.63, 3.8) is 0 Å². The van der Waals surface area contributed by atoms with E-state index in [2.05, 4.69) is 11.4 Å². The zero-order chi connectivity index (χ0) is 11.4. The van der Waals surface area contributed by atoms with Gasteiger partial charge in [-0.2, -0.15) is 5.26 Å². The van der Waals surface area contributed by atoms with E-state index in [-0.39, 0.29) is 6.10 Å². The Morgan fingerprint density at radius 2 is 2.38 bits per heavy atom. The highest BCUT2D eigenvalue weighted by Crippen LogP contribution is 2.22. The molecule has 0 amide bonds. The summed E-state index contributed by atoms with van der Waals surface area (Å²) in [6.07, 6.45) is 2.40. The Morgan fingerprint density at radius 1 is 1.50 bits per heavy atom. The quantitative estimate of drug-likeness (QED) is 0.822. The molecule has 0 saturated carbocycles. The van der Waals surface area contributed by atoms with Gasteiger partial charge in [-0.3, -0.25) is 0 Å². The molecule has 84 valence electrons. The van der Waals surface area contributed by atoms with Gasteiger partial charge in [-0.1, -0.05) is 6.07 Å². The first-order valence-corrected chi connectivity index (χ1v) is 5.68. The summed E-state index contributed by atoms with van der Waals surface area (Å²) >= 11 is 0. The van der Waals surface area contributed by atoms with E-state index in [1.807, 2.05) is 25.1 Å². The third-order valence-corrected chi connectivity index (χ3v) is 2.80. The van der Waals surface area contributed by atoms with Gasteiger partial charge in [0.1, 0.15) is 17.9 Å². The molecule has 3 nitrogen and oxygen atoms in total. The highest BCUT2D eigenvalue weighted by Gasteiger charge is 2.15. The van der Waals surface area contributed by atoms with Crippen molar-refractivity contribution in [1.82, 2.24) is 5.32 Å². The second-order valence-corrected chi connectivity index (χ2v) is 4.20. The van der Waals surface area contributed by atoms with Crippen LogP contribution < -0.4 is 10.1 Å². The number of benzene rings is 1. The number of aryl methyl sites for hydroxylation is 1. The summed E-state index contributed by atoms with van der Waals surface area (Å²) < 4.78 is 5.87. The van der Waals surface area contributed by atoms with Gasteiger partial charge in [0.2, 0.25) is 0 Å². The molecule has 1 aliphatic rings. The fourth-order valence-corrected chi connectivity index (χ4v) is 1.92. The van der Waals surface area contributed by atoms with Crippen LogP contribution in [-0.2, 0) is 0 Å². The van der Waals surface area contributed by atoms with Crippen LogP contribution in [0, 0.1) is 18.3 Å². The third kappa shape index (κ3) is 2.53. The Hall–Kier alpha value is -1.53. The first-order valence-electron chi connectivity index (χ1n) is 5.68. The zero-order valence-corrected chi connectivity index (χ0v) is 9.49. The van der Waals surface area contributed by atoms with Crippen LogP contribution in [0.2, 0.25) is 0 Å². The average molecular weight is 216 g/mol. The van der Waals surface area contributed by atoms with Gasteiger partial charge in [0.05, 0.1) is 5.56 Å². The molecule has 1 N–H and O–H groups in total. The summed E-state index contributed by atoms with van der Waals surface area (Å²) in [5, 5.41) is 12.3. The molecule has 1 aromatic carbocycles. The summed E-state index contributed by atoms with van der Waals surface area (Å²) in [6, 6.07) is 7.86. The fourth-order valence-electron chi connectivity index (χ4n) is 1.92. The molecule has 2 rings (SSSR count). The van der Waals surface area contributed by atoms with Crippen LogP contribution in [0.4, 0.5) is 0 Å². The van der Waals surface area contributed by atoms with Gasteiger partial charge in [0, 0.05) is 6.54 Å².